The molecule has 218 valence electrons. The molecule has 4 aliphatic rings. The number of anilines is 1. The van der Waals surface area contributed by atoms with Gasteiger partial charge in [0, 0.05) is 39.3 Å². The van der Waals surface area contributed by atoms with E-state index >= 15 is 4.39 Å². The number of rotatable bonds is 5. The van der Waals surface area contributed by atoms with E-state index in [-0.39, 0.29) is 46.9 Å². The Morgan fingerprint density at radius 2 is 2.05 bits per heavy atom. The fourth-order valence-corrected chi connectivity index (χ4v) is 7.17. The van der Waals surface area contributed by atoms with E-state index in [1.807, 2.05) is 39.6 Å². The number of carbonyl (C=O) groups excluding carboxylic acids is 1. The third-order valence-corrected chi connectivity index (χ3v) is 9.39. The van der Waals surface area contributed by atoms with Crippen molar-refractivity contribution >= 4 is 34.4 Å². The largest absolute Gasteiger partial charge is 0.461 e. The monoisotopic (exact) mass is 578 g/mol. The fourth-order valence-electron chi connectivity index (χ4n) is 7.03. The lowest BCUT2D eigenvalue weighted by molar-refractivity contribution is 0.0233. The Labute approximate surface area is 238 Å². The molecule has 12 heteroatoms. The van der Waals surface area contributed by atoms with Gasteiger partial charge in [-0.2, -0.15) is 9.97 Å². The van der Waals surface area contributed by atoms with E-state index in [1.165, 1.54) is 19.0 Å². The lowest BCUT2D eigenvalue weighted by atomic mass is 9.89. The first-order valence-corrected chi connectivity index (χ1v) is 14.4. The summed E-state index contributed by atoms with van der Waals surface area (Å²) in [4.78, 5) is 31.8. The summed E-state index contributed by atoms with van der Waals surface area (Å²) in [5.41, 5.74) is -0.713. The highest BCUT2D eigenvalue weighted by molar-refractivity contribution is 6.30. The molecule has 0 aromatic carbocycles. The molecule has 3 aliphatic heterocycles. The van der Waals surface area contributed by atoms with Crippen molar-refractivity contribution in [3.05, 3.63) is 17.2 Å². The minimum Gasteiger partial charge on any atom is -0.461 e. The van der Waals surface area contributed by atoms with Crippen LogP contribution in [0.15, 0.2) is 6.20 Å². The lowest BCUT2D eigenvalue weighted by Crippen LogP contribution is -2.45. The van der Waals surface area contributed by atoms with Gasteiger partial charge in [-0.05, 0) is 58.8 Å². The van der Waals surface area contributed by atoms with Crippen molar-refractivity contribution in [2.75, 3.05) is 38.2 Å². The second-order valence-corrected chi connectivity index (χ2v) is 13.6. The number of hydrogen-bond donors (Lipinski definition) is 0. The van der Waals surface area contributed by atoms with Gasteiger partial charge in [-0.1, -0.05) is 11.6 Å². The average molecular weight is 579 g/mol. The Bertz CT molecular complexity index is 1340. The number of likely N-dealkylation sites (N-methyl/N-ethyl adjacent to an activating group) is 1. The van der Waals surface area contributed by atoms with Crippen molar-refractivity contribution in [2.24, 2.45) is 5.41 Å². The van der Waals surface area contributed by atoms with Crippen molar-refractivity contribution < 1.29 is 23.0 Å². The maximum absolute atomic E-state index is 15.2. The average Bonchev–Trinajstić information content (AvgIpc) is 3.25. The normalized spacial score (nSPS) is 29.3. The molecule has 0 radical (unpaired) electrons. The van der Waals surface area contributed by atoms with Gasteiger partial charge in [0.2, 0.25) is 0 Å². The number of ether oxygens (including phenoxy) is 2. The highest BCUT2D eigenvalue weighted by Gasteiger charge is 2.62. The molecule has 1 amide bonds. The lowest BCUT2D eigenvalue weighted by Gasteiger charge is -2.33. The number of likely N-dealkylation sites (tertiary alicyclic amines) is 1. The molecular weight excluding hydrogens is 542 g/mol. The van der Waals surface area contributed by atoms with Gasteiger partial charge >= 0.3 is 12.1 Å². The van der Waals surface area contributed by atoms with Crippen LogP contribution in [-0.4, -0.2) is 93.5 Å². The quantitative estimate of drug-likeness (QED) is 0.459. The molecule has 1 spiro atoms. The Balaban J connectivity index is 1.29. The summed E-state index contributed by atoms with van der Waals surface area (Å²) in [7, 11) is 1.86. The molecule has 1 saturated carbocycles. The molecule has 0 unspecified atom stereocenters. The van der Waals surface area contributed by atoms with Gasteiger partial charge in [0.1, 0.15) is 29.7 Å². The Hall–Kier alpha value is -2.53. The van der Waals surface area contributed by atoms with Crippen molar-refractivity contribution in [3.8, 4) is 6.01 Å². The highest BCUT2D eigenvalue weighted by atomic mass is 35.5. The molecular formula is C28H37ClF2N6O3. The first kappa shape index (κ1) is 27.6. The maximum atomic E-state index is 15.2. The number of pyridine rings is 1. The van der Waals surface area contributed by atoms with E-state index in [4.69, 9.17) is 26.1 Å². The molecule has 0 bridgehead atoms. The predicted octanol–water partition coefficient (Wildman–Crippen LogP) is 5.00. The summed E-state index contributed by atoms with van der Waals surface area (Å²) in [5.74, 6) is -0.321. The van der Waals surface area contributed by atoms with Crippen LogP contribution in [0.1, 0.15) is 59.8 Å². The van der Waals surface area contributed by atoms with Crippen molar-refractivity contribution in [2.45, 2.75) is 89.2 Å². The van der Waals surface area contributed by atoms with E-state index in [0.717, 1.165) is 13.0 Å². The zero-order valence-corrected chi connectivity index (χ0v) is 24.5. The molecule has 4 atom stereocenters. The Morgan fingerprint density at radius 3 is 2.75 bits per heavy atom. The zero-order valence-electron chi connectivity index (χ0n) is 23.7. The molecule has 40 heavy (non-hydrogen) atoms. The zero-order chi connectivity index (χ0) is 28.6. The van der Waals surface area contributed by atoms with Crippen molar-refractivity contribution in [3.63, 3.8) is 0 Å². The molecule has 0 N–H and O–H groups in total. The van der Waals surface area contributed by atoms with Crippen LogP contribution in [0.2, 0.25) is 5.15 Å². The number of fused-ring (bicyclic) bond motifs is 2. The van der Waals surface area contributed by atoms with Gasteiger partial charge in [0.05, 0.1) is 23.0 Å². The Morgan fingerprint density at radius 1 is 1.30 bits per heavy atom. The van der Waals surface area contributed by atoms with Crippen LogP contribution in [0, 0.1) is 11.2 Å². The topological polar surface area (TPSA) is 83.9 Å². The summed E-state index contributed by atoms with van der Waals surface area (Å²) in [6, 6.07) is -0.309. The number of carbonyl (C=O) groups is 1. The van der Waals surface area contributed by atoms with E-state index < -0.39 is 23.1 Å². The number of hydrogen-bond acceptors (Lipinski definition) is 8. The van der Waals surface area contributed by atoms with Gasteiger partial charge in [-0.3, -0.25) is 4.90 Å². The molecule has 9 nitrogen and oxygen atoms in total. The molecule has 5 heterocycles. The van der Waals surface area contributed by atoms with Gasteiger partial charge in [0.15, 0.2) is 11.0 Å². The van der Waals surface area contributed by atoms with Crippen LogP contribution in [0.4, 0.5) is 19.4 Å². The van der Waals surface area contributed by atoms with Crippen LogP contribution in [0.25, 0.3) is 10.9 Å². The van der Waals surface area contributed by atoms with E-state index in [9.17, 15) is 9.18 Å². The van der Waals surface area contributed by atoms with Crippen molar-refractivity contribution in [1.82, 2.24) is 24.8 Å². The van der Waals surface area contributed by atoms with Crippen LogP contribution in [0.5, 0.6) is 6.01 Å². The van der Waals surface area contributed by atoms with Crippen LogP contribution in [0.3, 0.4) is 0 Å². The van der Waals surface area contributed by atoms with Crippen LogP contribution in [-0.2, 0) is 4.74 Å². The van der Waals surface area contributed by atoms with E-state index in [0.29, 0.717) is 37.1 Å². The predicted molar refractivity (Wildman–Crippen MR) is 147 cm³/mol. The first-order valence-electron chi connectivity index (χ1n) is 14.1. The van der Waals surface area contributed by atoms with Crippen LogP contribution >= 0.6 is 11.6 Å². The standard InChI is InChI=1S/C28H37ClF2N6O3/c1-16-19(6-9-37(16)25(38)40-26(2,3)4)35(5)23-18-11-32-22(29)20(31)21(18)33-24(34-23)39-15-28-10-17(30)12-36(28)14-27(13-28)7-8-27/h11,16-17,19H,6-10,12-15H2,1-5H3/t16-,17-,19-,28-/m1/s1. The van der Waals surface area contributed by atoms with Crippen molar-refractivity contribution in [1.29, 1.82) is 0 Å². The van der Waals surface area contributed by atoms with Gasteiger partial charge in [-0.15, -0.1) is 0 Å². The third kappa shape index (κ3) is 4.82. The van der Waals surface area contributed by atoms with E-state index in [1.54, 1.807) is 4.90 Å². The van der Waals surface area contributed by atoms with Gasteiger partial charge in [-0.25, -0.2) is 18.6 Å². The number of aromatic nitrogens is 3. The molecule has 2 aromatic heterocycles. The molecule has 1 aliphatic carbocycles. The summed E-state index contributed by atoms with van der Waals surface area (Å²) in [6.45, 7) is 9.54. The summed E-state index contributed by atoms with van der Waals surface area (Å²) < 4.78 is 41.5. The van der Waals surface area contributed by atoms with Gasteiger partial charge in [0.25, 0.3) is 0 Å². The third-order valence-electron chi connectivity index (χ3n) is 9.12. The highest BCUT2D eigenvalue weighted by Crippen LogP contribution is 2.60. The minimum atomic E-state index is -0.891. The second-order valence-electron chi connectivity index (χ2n) is 13.2. The molecule has 6 rings (SSSR count). The molecule has 3 saturated heterocycles. The maximum Gasteiger partial charge on any atom is 0.410 e. The van der Waals surface area contributed by atoms with Gasteiger partial charge < -0.3 is 19.3 Å². The summed E-state index contributed by atoms with van der Waals surface area (Å²) >= 11 is 6.03. The fraction of sp³-hybridized carbons (Fsp3) is 0.714. The molecule has 2 aromatic rings. The smallest absolute Gasteiger partial charge is 0.410 e. The molecule has 4 fully saturated rings. The Kier molecular flexibility index (Phi) is 6.57. The minimum absolute atomic E-state index is 0.00993. The van der Waals surface area contributed by atoms with E-state index in [2.05, 4.69) is 14.9 Å². The number of nitrogens with zero attached hydrogens (tertiary/aromatic N) is 6. The second kappa shape index (κ2) is 9.51. The first-order chi connectivity index (χ1) is 18.8. The number of alkyl halides is 1. The number of amides is 1. The summed E-state index contributed by atoms with van der Waals surface area (Å²) in [6.07, 6.45) is 4.51. The van der Waals surface area contributed by atoms with Crippen LogP contribution < -0.4 is 9.64 Å². The summed E-state index contributed by atoms with van der Waals surface area (Å²) in [5, 5.41) is 0.102. The SMILES string of the molecule is C[C@@H]1[C@H](N(C)c2nc(OC[C@]34C[C@@H](F)CN3CC3(CC3)C4)nc3c(F)c(Cl)ncc23)CCN1C(=O)OC(C)(C)C. The number of halogens is 3.